The summed E-state index contributed by atoms with van der Waals surface area (Å²) < 4.78 is 10.2. The highest BCUT2D eigenvalue weighted by Crippen LogP contribution is 2.37. The molecule has 1 aliphatic rings. The van der Waals surface area contributed by atoms with Crippen LogP contribution < -0.4 is 9.64 Å². The molecule has 3 rings (SSSR count). The monoisotopic (exact) mass is 369 g/mol. The van der Waals surface area contributed by atoms with Gasteiger partial charge in [0.05, 0.1) is 31.1 Å². The number of nitrogens with zero attached hydrogens (tertiary/aromatic N) is 1. The quantitative estimate of drug-likeness (QED) is 0.605. The van der Waals surface area contributed by atoms with Gasteiger partial charge in [-0.05, 0) is 49.1 Å². The van der Waals surface area contributed by atoms with Gasteiger partial charge < -0.3 is 9.47 Å². The molecule has 0 aliphatic carbocycles. The second-order valence-corrected chi connectivity index (χ2v) is 6.77. The Morgan fingerprint density at radius 3 is 2.58 bits per heavy atom. The van der Waals surface area contributed by atoms with Crippen molar-refractivity contribution in [3.63, 3.8) is 0 Å². The maximum atomic E-state index is 13.2. The molecule has 1 aromatic carbocycles. The van der Waals surface area contributed by atoms with Gasteiger partial charge >= 0.3 is 5.97 Å². The fourth-order valence-electron chi connectivity index (χ4n) is 2.90. The Morgan fingerprint density at radius 1 is 1.19 bits per heavy atom. The molecule has 0 fully saturated rings. The summed E-state index contributed by atoms with van der Waals surface area (Å²) in [6.45, 7) is 3.71. The lowest BCUT2D eigenvalue weighted by Crippen LogP contribution is -2.24. The second kappa shape index (κ2) is 7.17. The number of allylic oxidation sites excluding steroid dienone is 1. The minimum absolute atomic E-state index is 0.260. The smallest absolute Gasteiger partial charge is 0.340 e. The average molecular weight is 369 g/mol. The first-order valence-corrected chi connectivity index (χ1v) is 8.89. The zero-order valence-corrected chi connectivity index (χ0v) is 15.8. The van der Waals surface area contributed by atoms with E-state index in [1.54, 1.807) is 44.4 Å². The number of hydrogen-bond donors (Lipinski definition) is 0. The normalized spacial score (nSPS) is 15.8. The van der Waals surface area contributed by atoms with Crippen molar-refractivity contribution in [1.29, 1.82) is 0 Å². The number of carbonyl (C=O) groups excluding carboxylic acids is 2. The molecule has 2 heterocycles. The minimum Gasteiger partial charge on any atom is -0.497 e. The maximum absolute atomic E-state index is 13.2. The Balaban J connectivity index is 2.15. The third-order valence-corrected chi connectivity index (χ3v) is 5.24. The molecule has 0 spiro atoms. The molecule has 1 aromatic heterocycles. The fourth-order valence-corrected chi connectivity index (χ4v) is 3.76. The third kappa shape index (κ3) is 3.04. The summed E-state index contributed by atoms with van der Waals surface area (Å²) >= 11 is 1.52. The summed E-state index contributed by atoms with van der Waals surface area (Å²) in [7, 11) is 2.88. The minimum atomic E-state index is -0.526. The van der Waals surface area contributed by atoms with Gasteiger partial charge in [0, 0.05) is 16.6 Å². The Labute approximate surface area is 156 Å². The number of carbonyl (C=O) groups is 2. The molecule has 0 N–H and O–H groups in total. The van der Waals surface area contributed by atoms with Crippen molar-refractivity contribution in [3.05, 3.63) is 63.0 Å². The molecule has 0 bridgehead atoms. The van der Waals surface area contributed by atoms with E-state index >= 15 is 0 Å². The van der Waals surface area contributed by atoms with Crippen LogP contribution in [0.1, 0.15) is 17.4 Å². The van der Waals surface area contributed by atoms with Crippen molar-refractivity contribution in [2.75, 3.05) is 19.1 Å². The molecule has 0 saturated carbocycles. The summed E-state index contributed by atoms with van der Waals surface area (Å²) in [5.41, 5.74) is 2.85. The fraction of sp³-hybridized carbons (Fsp3) is 0.200. The Hall–Kier alpha value is -2.86. The van der Waals surface area contributed by atoms with Crippen LogP contribution in [0.2, 0.25) is 0 Å². The second-order valence-electron chi connectivity index (χ2n) is 5.82. The molecule has 0 radical (unpaired) electrons. The van der Waals surface area contributed by atoms with Crippen molar-refractivity contribution in [3.8, 4) is 5.75 Å². The molecular weight excluding hydrogens is 350 g/mol. The largest absolute Gasteiger partial charge is 0.497 e. The molecule has 5 nitrogen and oxygen atoms in total. The van der Waals surface area contributed by atoms with Crippen LogP contribution in [0.3, 0.4) is 0 Å². The van der Waals surface area contributed by atoms with Crippen LogP contribution in [-0.2, 0) is 14.3 Å². The number of ether oxygens (including phenoxy) is 2. The van der Waals surface area contributed by atoms with E-state index in [2.05, 4.69) is 0 Å². The zero-order chi connectivity index (χ0) is 18.8. The van der Waals surface area contributed by atoms with Gasteiger partial charge in [-0.15, -0.1) is 11.3 Å². The van der Waals surface area contributed by atoms with Gasteiger partial charge in [0.25, 0.3) is 5.91 Å². The van der Waals surface area contributed by atoms with Crippen LogP contribution in [0.4, 0.5) is 5.69 Å². The van der Waals surface area contributed by atoms with E-state index in [1.165, 1.54) is 23.3 Å². The number of aryl methyl sites for hydroxylation is 1. The first-order chi connectivity index (χ1) is 12.5. The molecule has 134 valence electrons. The first-order valence-electron chi connectivity index (χ1n) is 8.01. The number of rotatable bonds is 4. The predicted octanol–water partition coefficient (Wildman–Crippen LogP) is 3.94. The van der Waals surface area contributed by atoms with E-state index in [4.69, 9.17) is 9.47 Å². The van der Waals surface area contributed by atoms with Crippen molar-refractivity contribution in [1.82, 2.24) is 0 Å². The molecule has 1 aliphatic heterocycles. The third-order valence-electron chi connectivity index (χ3n) is 4.28. The van der Waals surface area contributed by atoms with Crippen LogP contribution >= 0.6 is 11.3 Å². The van der Waals surface area contributed by atoms with Crippen molar-refractivity contribution < 1.29 is 19.1 Å². The van der Waals surface area contributed by atoms with Crippen LogP contribution in [0.5, 0.6) is 5.75 Å². The number of anilines is 1. The SMILES string of the molecule is COC(=O)C1=C(C)N(c2cccc(OC)c2)C(=O)/C1=C\c1sccc1C. The van der Waals surface area contributed by atoms with Gasteiger partial charge in [-0.1, -0.05) is 6.07 Å². The van der Waals surface area contributed by atoms with Crippen LogP contribution in [0.15, 0.2) is 52.6 Å². The molecular formula is C20H19NO4S. The molecule has 26 heavy (non-hydrogen) atoms. The molecule has 2 aromatic rings. The zero-order valence-electron chi connectivity index (χ0n) is 15.0. The molecule has 1 amide bonds. The van der Waals surface area contributed by atoms with Crippen molar-refractivity contribution >= 4 is 35.0 Å². The van der Waals surface area contributed by atoms with E-state index in [1.807, 2.05) is 18.4 Å². The summed E-state index contributed by atoms with van der Waals surface area (Å²) in [4.78, 5) is 28.0. The summed E-state index contributed by atoms with van der Waals surface area (Å²) in [6.07, 6.45) is 1.76. The predicted molar refractivity (Wildman–Crippen MR) is 102 cm³/mol. The highest BCUT2D eigenvalue weighted by atomic mass is 32.1. The van der Waals surface area contributed by atoms with E-state index in [9.17, 15) is 9.59 Å². The van der Waals surface area contributed by atoms with Gasteiger partial charge in [0.2, 0.25) is 0 Å². The Morgan fingerprint density at radius 2 is 1.96 bits per heavy atom. The van der Waals surface area contributed by atoms with Crippen molar-refractivity contribution in [2.24, 2.45) is 0 Å². The van der Waals surface area contributed by atoms with Crippen LogP contribution in [0, 0.1) is 6.92 Å². The van der Waals surface area contributed by atoms with Crippen LogP contribution in [0.25, 0.3) is 6.08 Å². The Kier molecular flexibility index (Phi) is 4.95. The number of benzene rings is 1. The highest BCUT2D eigenvalue weighted by Gasteiger charge is 2.38. The lowest BCUT2D eigenvalue weighted by atomic mass is 10.1. The van der Waals surface area contributed by atoms with Crippen molar-refractivity contribution in [2.45, 2.75) is 13.8 Å². The lowest BCUT2D eigenvalue weighted by Gasteiger charge is -2.18. The summed E-state index contributed by atoms with van der Waals surface area (Å²) in [5.74, 6) is -0.153. The van der Waals surface area contributed by atoms with Gasteiger partial charge in [-0.3, -0.25) is 9.69 Å². The maximum Gasteiger partial charge on any atom is 0.340 e. The van der Waals surface area contributed by atoms with Gasteiger partial charge in [-0.25, -0.2) is 4.79 Å². The Bertz CT molecular complexity index is 939. The van der Waals surface area contributed by atoms with Gasteiger partial charge in [0.1, 0.15) is 5.75 Å². The molecule has 0 unspecified atom stereocenters. The number of esters is 1. The number of hydrogen-bond acceptors (Lipinski definition) is 5. The van der Waals surface area contributed by atoms with E-state index in [0.29, 0.717) is 22.7 Å². The molecule has 0 saturated heterocycles. The molecule has 6 heteroatoms. The molecule has 0 atom stereocenters. The number of thiophene rings is 1. The van der Waals surface area contributed by atoms with E-state index in [-0.39, 0.29) is 11.5 Å². The van der Waals surface area contributed by atoms with Gasteiger partial charge in [0.15, 0.2) is 0 Å². The number of methoxy groups -OCH3 is 2. The lowest BCUT2D eigenvalue weighted by molar-refractivity contribution is -0.136. The van der Waals surface area contributed by atoms with E-state index in [0.717, 1.165) is 10.4 Å². The van der Waals surface area contributed by atoms with E-state index < -0.39 is 5.97 Å². The summed E-state index contributed by atoms with van der Waals surface area (Å²) in [5, 5.41) is 1.95. The summed E-state index contributed by atoms with van der Waals surface area (Å²) in [6, 6.07) is 9.15. The average Bonchev–Trinajstić information content (AvgIpc) is 3.15. The number of amides is 1. The van der Waals surface area contributed by atoms with Gasteiger partial charge in [-0.2, -0.15) is 0 Å². The highest BCUT2D eigenvalue weighted by molar-refractivity contribution is 7.11. The first kappa shape index (κ1) is 17.9. The standard InChI is InChI=1S/C20H19NO4S/c1-12-8-9-26-17(12)11-16-18(20(23)25-4)13(2)21(19(16)22)14-6-5-7-15(10-14)24-3/h5-11H,1-4H3/b16-11-. The van der Waals surface area contributed by atoms with Crippen LogP contribution in [-0.4, -0.2) is 26.1 Å². The topological polar surface area (TPSA) is 55.8 Å².